The van der Waals surface area contributed by atoms with E-state index in [0.29, 0.717) is 0 Å². The van der Waals surface area contributed by atoms with E-state index in [1.165, 1.54) is 12.1 Å². The van der Waals surface area contributed by atoms with Crippen LogP contribution in [0.3, 0.4) is 0 Å². The summed E-state index contributed by atoms with van der Waals surface area (Å²) in [6, 6.07) is 4.20. The minimum absolute atomic E-state index is 0.0886. The first-order valence-electron chi connectivity index (χ1n) is 3.48. The zero-order chi connectivity index (χ0) is 10.7. The van der Waals surface area contributed by atoms with Gasteiger partial charge in [0.1, 0.15) is 0 Å². The first kappa shape index (κ1) is 10.5. The van der Waals surface area contributed by atoms with Crippen LogP contribution in [0, 0.1) is 11.3 Å². The van der Waals surface area contributed by atoms with Gasteiger partial charge in [0.15, 0.2) is 5.75 Å². The maximum Gasteiger partial charge on any atom is 0.387 e. The molecule has 0 aliphatic heterocycles. The maximum atomic E-state index is 11.9. The third-order valence-corrected chi connectivity index (χ3v) is 1.69. The van der Waals surface area contributed by atoms with E-state index >= 15 is 0 Å². The largest absolute Gasteiger partial charge is 0.431 e. The quantitative estimate of drug-likeness (QED) is 0.776. The lowest BCUT2D eigenvalue weighted by Gasteiger charge is -2.09. The Hall–Kier alpha value is -1.54. The monoisotopic (exact) mass is 218 g/mol. The second kappa shape index (κ2) is 4.11. The first-order valence-corrected chi connectivity index (χ1v) is 3.86. The van der Waals surface area contributed by atoms with Crippen LogP contribution in [0.4, 0.5) is 14.5 Å². The average Bonchev–Trinajstić information content (AvgIpc) is 2.10. The van der Waals surface area contributed by atoms with Crippen LogP contribution in [0.15, 0.2) is 12.1 Å². The SMILES string of the molecule is N#Cc1cc(N)c(OC(F)F)c(Cl)c1. The number of nitrogen functional groups attached to an aromatic ring is 1. The Morgan fingerprint density at radius 2 is 2.14 bits per heavy atom. The average molecular weight is 219 g/mol. The Kier molecular flexibility index (Phi) is 3.10. The summed E-state index contributed by atoms with van der Waals surface area (Å²) in [4.78, 5) is 0. The van der Waals surface area contributed by atoms with Crippen molar-refractivity contribution in [3.8, 4) is 11.8 Å². The molecule has 0 aliphatic rings. The number of alkyl halides is 2. The van der Waals surface area contributed by atoms with E-state index in [-0.39, 0.29) is 22.0 Å². The highest BCUT2D eigenvalue weighted by Crippen LogP contribution is 2.33. The number of halogens is 3. The molecule has 2 N–H and O–H groups in total. The molecule has 74 valence electrons. The van der Waals surface area contributed by atoms with Crippen LogP contribution in [0.25, 0.3) is 0 Å². The molecule has 3 nitrogen and oxygen atoms in total. The summed E-state index contributed by atoms with van der Waals surface area (Å²) in [6.07, 6.45) is 0. The molecule has 0 heterocycles. The second-order valence-electron chi connectivity index (χ2n) is 2.37. The summed E-state index contributed by atoms with van der Waals surface area (Å²) in [7, 11) is 0. The summed E-state index contributed by atoms with van der Waals surface area (Å²) >= 11 is 5.57. The van der Waals surface area contributed by atoms with Crippen LogP contribution in [-0.2, 0) is 0 Å². The molecular formula is C8H5ClF2N2O. The van der Waals surface area contributed by atoms with Crippen LogP contribution < -0.4 is 10.5 Å². The molecule has 0 atom stereocenters. The summed E-state index contributed by atoms with van der Waals surface area (Å²) in [5, 5.41) is 8.40. The van der Waals surface area contributed by atoms with E-state index in [1.807, 2.05) is 0 Å². The molecule has 0 aromatic heterocycles. The summed E-state index contributed by atoms with van der Waals surface area (Å²) in [5.41, 5.74) is 5.45. The molecule has 0 bridgehead atoms. The molecule has 6 heteroatoms. The van der Waals surface area contributed by atoms with Crippen LogP contribution in [-0.4, -0.2) is 6.61 Å². The fourth-order valence-electron chi connectivity index (χ4n) is 0.893. The normalized spacial score (nSPS) is 9.93. The Bertz CT molecular complexity index is 366. The summed E-state index contributed by atoms with van der Waals surface area (Å²) in [5.74, 6) is -0.305. The van der Waals surface area contributed by atoms with Crippen LogP contribution in [0.5, 0.6) is 5.75 Å². The van der Waals surface area contributed by atoms with E-state index in [1.54, 1.807) is 6.07 Å². The van der Waals surface area contributed by atoms with E-state index < -0.39 is 6.61 Å². The molecule has 14 heavy (non-hydrogen) atoms. The van der Waals surface area contributed by atoms with Crippen molar-refractivity contribution < 1.29 is 13.5 Å². The first-order chi connectivity index (χ1) is 6.54. The van der Waals surface area contributed by atoms with Gasteiger partial charge in [-0.05, 0) is 12.1 Å². The van der Waals surface area contributed by atoms with E-state index in [2.05, 4.69) is 4.74 Å². The molecule has 1 aromatic carbocycles. The van der Waals surface area contributed by atoms with Crippen molar-refractivity contribution >= 4 is 17.3 Å². The lowest BCUT2D eigenvalue weighted by molar-refractivity contribution is -0.0492. The molecule has 1 rings (SSSR count). The molecule has 0 saturated heterocycles. The van der Waals surface area contributed by atoms with Gasteiger partial charge in [-0.1, -0.05) is 11.6 Å². The van der Waals surface area contributed by atoms with Gasteiger partial charge >= 0.3 is 6.61 Å². The van der Waals surface area contributed by atoms with Gasteiger partial charge in [0.05, 0.1) is 22.3 Å². The molecule has 0 radical (unpaired) electrons. The van der Waals surface area contributed by atoms with Crippen molar-refractivity contribution in [3.05, 3.63) is 22.7 Å². The van der Waals surface area contributed by atoms with Gasteiger partial charge in [-0.2, -0.15) is 14.0 Å². The Labute approximate surface area is 83.6 Å². The Balaban J connectivity index is 3.13. The zero-order valence-corrected chi connectivity index (χ0v) is 7.55. The number of nitrogens with two attached hydrogens (primary N) is 1. The van der Waals surface area contributed by atoms with Crippen molar-refractivity contribution in [2.24, 2.45) is 0 Å². The molecule has 0 spiro atoms. The van der Waals surface area contributed by atoms with Crippen LogP contribution in [0.2, 0.25) is 5.02 Å². The Morgan fingerprint density at radius 3 is 2.57 bits per heavy atom. The number of nitrogens with zero attached hydrogens (tertiary/aromatic N) is 1. The standard InChI is InChI=1S/C8H5ClF2N2O/c9-5-1-4(3-12)2-6(13)7(5)14-8(10)11/h1-2,8H,13H2. The predicted octanol–water partition coefficient (Wildman–Crippen LogP) is 2.40. The fraction of sp³-hybridized carbons (Fsp3) is 0.125. The van der Waals surface area contributed by atoms with Gasteiger partial charge in [-0.15, -0.1) is 0 Å². The highest BCUT2D eigenvalue weighted by Gasteiger charge is 2.13. The number of hydrogen-bond donors (Lipinski definition) is 1. The second-order valence-corrected chi connectivity index (χ2v) is 2.77. The lowest BCUT2D eigenvalue weighted by Crippen LogP contribution is -2.05. The summed E-state index contributed by atoms with van der Waals surface area (Å²) in [6.45, 7) is -3.00. The van der Waals surface area contributed by atoms with Crippen molar-refractivity contribution in [2.45, 2.75) is 6.61 Å². The Morgan fingerprint density at radius 1 is 1.50 bits per heavy atom. The minimum Gasteiger partial charge on any atom is -0.431 e. The maximum absolute atomic E-state index is 11.9. The number of nitriles is 1. The molecule has 0 saturated carbocycles. The van der Waals surface area contributed by atoms with E-state index in [4.69, 9.17) is 22.6 Å². The van der Waals surface area contributed by atoms with Gasteiger partial charge in [0.25, 0.3) is 0 Å². The van der Waals surface area contributed by atoms with Gasteiger partial charge in [0.2, 0.25) is 0 Å². The van der Waals surface area contributed by atoms with Crippen molar-refractivity contribution in [1.29, 1.82) is 5.26 Å². The number of anilines is 1. The molecule has 0 fully saturated rings. The fourth-order valence-corrected chi connectivity index (χ4v) is 1.16. The molecule has 0 unspecified atom stereocenters. The predicted molar refractivity (Wildman–Crippen MR) is 47.2 cm³/mol. The highest BCUT2D eigenvalue weighted by molar-refractivity contribution is 6.32. The summed E-state index contributed by atoms with van der Waals surface area (Å²) < 4.78 is 27.8. The van der Waals surface area contributed by atoms with E-state index in [9.17, 15) is 8.78 Å². The van der Waals surface area contributed by atoms with Crippen molar-refractivity contribution in [3.63, 3.8) is 0 Å². The smallest absolute Gasteiger partial charge is 0.387 e. The number of benzene rings is 1. The van der Waals surface area contributed by atoms with Crippen LogP contribution in [0.1, 0.15) is 5.56 Å². The molecular weight excluding hydrogens is 214 g/mol. The van der Waals surface area contributed by atoms with Crippen molar-refractivity contribution in [2.75, 3.05) is 5.73 Å². The van der Waals surface area contributed by atoms with Crippen molar-refractivity contribution in [1.82, 2.24) is 0 Å². The highest BCUT2D eigenvalue weighted by atomic mass is 35.5. The van der Waals surface area contributed by atoms with Gasteiger partial charge in [-0.25, -0.2) is 0 Å². The lowest BCUT2D eigenvalue weighted by atomic mass is 10.2. The minimum atomic E-state index is -3.00. The van der Waals surface area contributed by atoms with Gasteiger partial charge in [-0.3, -0.25) is 0 Å². The molecule has 0 aliphatic carbocycles. The van der Waals surface area contributed by atoms with Gasteiger partial charge in [0, 0.05) is 0 Å². The number of hydrogen-bond acceptors (Lipinski definition) is 3. The molecule has 1 aromatic rings. The molecule has 0 amide bonds. The third kappa shape index (κ3) is 2.24. The van der Waals surface area contributed by atoms with E-state index in [0.717, 1.165) is 0 Å². The zero-order valence-electron chi connectivity index (χ0n) is 6.80. The number of rotatable bonds is 2. The topological polar surface area (TPSA) is 59.0 Å². The third-order valence-electron chi connectivity index (χ3n) is 1.41. The van der Waals surface area contributed by atoms with Gasteiger partial charge < -0.3 is 10.5 Å². The van der Waals surface area contributed by atoms with Crippen LogP contribution >= 0.6 is 11.6 Å². The number of ether oxygens (including phenoxy) is 1.